The van der Waals surface area contributed by atoms with Gasteiger partial charge in [-0.3, -0.25) is 0 Å². The van der Waals surface area contributed by atoms with E-state index in [0.717, 1.165) is 18.1 Å². The summed E-state index contributed by atoms with van der Waals surface area (Å²) in [4.78, 5) is 0.640. The Balaban J connectivity index is 2.15. The van der Waals surface area contributed by atoms with Crippen molar-refractivity contribution in [2.24, 2.45) is 17.3 Å². The molecule has 0 N–H and O–H groups in total. The molecule has 0 aromatic heterocycles. The lowest BCUT2D eigenvalue weighted by Gasteiger charge is -2.40. The molecule has 0 spiro atoms. The fourth-order valence-electron chi connectivity index (χ4n) is 3.57. The van der Waals surface area contributed by atoms with Crippen LogP contribution in [0.3, 0.4) is 0 Å². The minimum Gasteiger partial charge on any atom is -0.496 e. The summed E-state index contributed by atoms with van der Waals surface area (Å²) in [6, 6.07) is 6.53. The molecule has 1 aliphatic rings. The van der Waals surface area contributed by atoms with Crippen molar-refractivity contribution in [2.45, 2.75) is 58.2 Å². The molecule has 1 fully saturated rings. The van der Waals surface area contributed by atoms with E-state index in [1.807, 2.05) is 0 Å². The molecule has 1 nitrogen and oxygen atoms in total. The van der Waals surface area contributed by atoms with Crippen molar-refractivity contribution in [2.75, 3.05) is 7.11 Å². The lowest BCUT2D eigenvalue weighted by Crippen LogP contribution is -2.33. The van der Waals surface area contributed by atoms with Gasteiger partial charge in [-0.15, -0.1) is 0 Å². The minimum atomic E-state index is 0.419. The fourth-order valence-corrected chi connectivity index (χ4v) is 4.24. The molecule has 1 saturated carbocycles. The zero-order chi connectivity index (χ0) is 15.6. The summed E-state index contributed by atoms with van der Waals surface area (Å²) in [6.07, 6.45) is 5.07. The second-order valence-electron chi connectivity index (χ2n) is 7.67. The Morgan fingerprint density at radius 1 is 1.24 bits per heavy atom. The lowest BCUT2D eigenvalue weighted by molar-refractivity contribution is 0.146. The van der Waals surface area contributed by atoms with Crippen LogP contribution in [0.2, 0.25) is 0 Å². The monoisotopic (exact) mass is 352 g/mol. The molecule has 0 amide bonds. The molecule has 2 rings (SSSR count). The normalized spacial score (nSPS) is 26.7. The van der Waals surface area contributed by atoms with Gasteiger partial charge in [0, 0.05) is 4.83 Å². The van der Waals surface area contributed by atoms with E-state index in [2.05, 4.69) is 61.8 Å². The Hall–Kier alpha value is -0.500. The number of benzene rings is 1. The van der Waals surface area contributed by atoms with E-state index in [1.54, 1.807) is 7.11 Å². The van der Waals surface area contributed by atoms with Crippen LogP contribution in [0, 0.1) is 24.2 Å². The predicted molar refractivity (Wildman–Crippen MR) is 94.4 cm³/mol. The van der Waals surface area contributed by atoms with E-state index >= 15 is 0 Å². The molecule has 3 unspecified atom stereocenters. The first-order valence-electron chi connectivity index (χ1n) is 8.09. The quantitative estimate of drug-likeness (QED) is 0.627. The molecule has 118 valence electrons. The Labute approximate surface area is 138 Å². The third-order valence-electron chi connectivity index (χ3n) is 5.03. The molecule has 0 heterocycles. The number of rotatable bonds is 3. The van der Waals surface area contributed by atoms with E-state index in [-0.39, 0.29) is 0 Å². The number of ether oxygens (including phenoxy) is 1. The molecule has 0 aliphatic heterocycles. The van der Waals surface area contributed by atoms with Crippen LogP contribution in [-0.2, 0) is 6.42 Å². The zero-order valence-corrected chi connectivity index (χ0v) is 15.7. The Morgan fingerprint density at radius 3 is 2.57 bits per heavy atom. The SMILES string of the molecule is COc1ccc(C)cc1CC1CC(C(C)(C)C)CCC1Br. The summed E-state index contributed by atoms with van der Waals surface area (Å²) in [5.74, 6) is 2.57. The minimum absolute atomic E-state index is 0.419. The third-order valence-corrected chi connectivity index (χ3v) is 6.24. The highest BCUT2D eigenvalue weighted by Gasteiger charge is 2.35. The molecule has 1 aliphatic carbocycles. The van der Waals surface area contributed by atoms with Crippen molar-refractivity contribution < 1.29 is 4.74 Å². The molecule has 0 radical (unpaired) electrons. The topological polar surface area (TPSA) is 9.23 Å². The zero-order valence-electron chi connectivity index (χ0n) is 14.1. The number of alkyl halides is 1. The molecule has 3 atom stereocenters. The highest BCUT2D eigenvalue weighted by atomic mass is 79.9. The van der Waals surface area contributed by atoms with Gasteiger partial charge in [0.1, 0.15) is 5.75 Å². The second-order valence-corrected chi connectivity index (χ2v) is 8.85. The summed E-state index contributed by atoms with van der Waals surface area (Å²) < 4.78 is 5.56. The van der Waals surface area contributed by atoms with E-state index in [1.165, 1.54) is 30.4 Å². The number of halogens is 1. The summed E-state index contributed by atoms with van der Waals surface area (Å²) in [5, 5.41) is 0. The highest BCUT2D eigenvalue weighted by Crippen LogP contribution is 2.44. The van der Waals surface area contributed by atoms with Crippen LogP contribution in [0.1, 0.15) is 51.2 Å². The van der Waals surface area contributed by atoms with Gasteiger partial charge in [-0.05, 0) is 61.5 Å². The third kappa shape index (κ3) is 4.25. The number of hydrogen-bond donors (Lipinski definition) is 0. The summed E-state index contributed by atoms with van der Waals surface area (Å²) in [6.45, 7) is 9.32. The van der Waals surface area contributed by atoms with Gasteiger partial charge in [0.15, 0.2) is 0 Å². The van der Waals surface area contributed by atoms with Gasteiger partial charge in [-0.1, -0.05) is 54.4 Å². The Bertz CT molecular complexity index is 475. The van der Waals surface area contributed by atoms with Crippen molar-refractivity contribution in [3.05, 3.63) is 29.3 Å². The first kappa shape index (κ1) is 16.9. The van der Waals surface area contributed by atoms with Crippen LogP contribution in [0.4, 0.5) is 0 Å². The van der Waals surface area contributed by atoms with Crippen molar-refractivity contribution in [3.63, 3.8) is 0 Å². The number of hydrogen-bond acceptors (Lipinski definition) is 1. The lowest BCUT2D eigenvalue weighted by atomic mass is 9.68. The molecule has 1 aromatic carbocycles. The van der Waals surface area contributed by atoms with Crippen molar-refractivity contribution >= 4 is 15.9 Å². The average Bonchev–Trinajstić information content (AvgIpc) is 2.40. The average molecular weight is 353 g/mol. The van der Waals surface area contributed by atoms with E-state index < -0.39 is 0 Å². The number of methoxy groups -OCH3 is 1. The molecule has 21 heavy (non-hydrogen) atoms. The van der Waals surface area contributed by atoms with Crippen molar-refractivity contribution in [1.29, 1.82) is 0 Å². The van der Waals surface area contributed by atoms with Crippen molar-refractivity contribution in [3.8, 4) is 5.75 Å². The maximum atomic E-state index is 5.56. The molecule has 0 bridgehead atoms. The maximum Gasteiger partial charge on any atom is 0.122 e. The summed E-state index contributed by atoms with van der Waals surface area (Å²) >= 11 is 3.93. The van der Waals surface area contributed by atoms with Crippen LogP contribution in [0.25, 0.3) is 0 Å². The van der Waals surface area contributed by atoms with Crippen LogP contribution < -0.4 is 4.74 Å². The Morgan fingerprint density at radius 2 is 1.95 bits per heavy atom. The van der Waals surface area contributed by atoms with Crippen LogP contribution in [0.5, 0.6) is 5.75 Å². The van der Waals surface area contributed by atoms with Gasteiger partial charge in [0.25, 0.3) is 0 Å². The number of aryl methyl sites for hydroxylation is 1. The fraction of sp³-hybridized carbons (Fsp3) is 0.684. The molecular formula is C19H29BrO. The molecule has 2 heteroatoms. The largest absolute Gasteiger partial charge is 0.496 e. The smallest absolute Gasteiger partial charge is 0.122 e. The predicted octanol–water partition coefficient (Wildman–Crippen LogP) is 5.77. The molecule has 0 saturated heterocycles. The van der Waals surface area contributed by atoms with Gasteiger partial charge < -0.3 is 4.74 Å². The van der Waals surface area contributed by atoms with Gasteiger partial charge >= 0.3 is 0 Å². The van der Waals surface area contributed by atoms with Gasteiger partial charge in [-0.2, -0.15) is 0 Å². The highest BCUT2D eigenvalue weighted by molar-refractivity contribution is 9.09. The van der Waals surface area contributed by atoms with Gasteiger partial charge in [0.2, 0.25) is 0 Å². The standard InChI is InChI=1S/C19H29BrO/c1-13-6-9-18(21-5)15(10-13)11-14-12-16(19(2,3)4)7-8-17(14)20/h6,9-10,14,16-17H,7-8,11-12H2,1-5H3. The van der Waals surface area contributed by atoms with E-state index in [0.29, 0.717) is 16.2 Å². The van der Waals surface area contributed by atoms with Gasteiger partial charge in [0.05, 0.1) is 7.11 Å². The summed E-state index contributed by atoms with van der Waals surface area (Å²) in [5.41, 5.74) is 3.10. The first-order chi connectivity index (χ1) is 9.81. The molecular weight excluding hydrogens is 324 g/mol. The Kier molecular flexibility index (Phi) is 5.40. The van der Waals surface area contributed by atoms with Crippen molar-refractivity contribution in [1.82, 2.24) is 0 Å². The van der Waals surface area contributed by atoms with E-state index in [9.17, 15) is 0 Å². The van der Waals surface area contributed by atoms with Crippen LogP contribution in [0.15, 0.2) is 18.2 Å². The second kappa shape index (κ2) is 6.73. The maximum absolute atomic E-state index is 5.56. The van der Waals surface area contributed by atoms with Crippen LogP contribution in [-0.4, -0.2) is 11.9 Å². The van der Waals surface area contributed by atoms with E-state index in [4.69, 9.17) is 4.74 Å². The van der Waals surface area contributed by atoms with Gasteiger partial charge in [-0.25, -0.2) is 0 Å². The van der Waals surface area contributed by atoms with Crippen LogP contribution >= 0.6 is 15.9 Å². The summed E-state index contributed by atoms with van der Waals surface area (Å²) in [7, 11) is 1.78. The first-order valence-corrected chi connectivity index (χ1v) is 9.00. The molecule has 1 aromatic rings.